The van der Waals surface area contributed by atoms with Crippen molar-refractivity contribution in [2.75, 3.05) is 6.54 Å². The van der Waals surface area contributed by atoms with Crippen LogP contribution >= 0.6 is 0 Å². The largest absolute Gasteiger partial charge is 0.480 e. The molecule has 12 heteroatoms. The van der Waals surface area contributed by atoms with Gasteiger partial charge >= 0.3 is 5.97 Å². The van der Waals surface area contributed by atoms with Gasteiger partial charge in [-0.3, -0.25) is 19.2 Å². The van der Waals surface area contributed by atoms with Crippen LogP contribution in [-0.4, -0.2) is 76.6 Å². The molecular weight excluding hydrogens is 422 g/mol. The molecule has 0 spiro atoms. The minimum absolute atomic E-state index is 0.196. The Morgan fingerprint density at radius 2 is 1.69 bits per heavy atom. The zero-order chi connectivity index (χ0) is 24.4. The van der Waals surface area contributed by atoms with Gasteiger partial charge in [0.25, 0.3) is 0 Å². The standard InChI is InChI=1S/C20H35N5O7/c1-4-10(2)15(18(29)23-13(20(31)32)7-8-14(21)27)24-19(30)16(11(3)26)25-17(28)12-6-5-9-22-12/h10-13,15-16,22,26H,4-9H2,1-3H3,(H2,21,27)(H,23,29)(H,24,30)(H,25,28)(H,31,32). The number of nitrogens with one attached hydrogen (secondary N) is 4. The lowest BCUT2D eigenvalue weighted by Gasteiger charge is -2.29. The molecule has 4 amide bonds. The molecular formula is C20H35N5O7. The fourth-order valence-electron chi connectivity index (χ4n) is 3.32. The predicted octanol–water partition coefficient (Wildman–Crippen LogP) is -2.03. The van der Waals surface area contributed by atoms with E-state index >= 15 is 0 Å². The molecule has 6 unspecified atom stereocenters. The highest BCUT2D eigenvalue weighted by Gasteiger charge is 2.35. The third-order valence-corrected chi connectivity index (χ3v) is 5.53. The average Bonchev–Trinajstić information content (AvgIpc) is 3.26. The van der Waals surface area contributed by atoms with Crippen molar-refractivity contribution in [3.05, 3.63) is 0 Å². The van der Waals surface area contributed by atoms with Crippen molar-refractivity contribution >= 4 is 29.6 Å². The molecule has 1 rings (SSSR count). The van der Waals surface area contributed by atoms with Crippen LogP contribution < -0.4 is 27.0 Å². The summed E-state index contributed by atoms with van der Waals surface area (Å²) < 4.78 is 0. The van der Waals surface area contributed by atoms with Crippen LogP contribution in [0.4, 0.5) is 0 Å². The van der Waals surface area contributed by atoms with E-state index < -0.39 is 59.9 Å². The van der Waals surface area contributed by atoms with E-state index in [-0.39, 0.29) is 18.8 Å². The smallest absolute Gasteiger partial charge is 0.326 e. The number of amides is 4. The highest BCUT2D eigenvalue weighted by molar-refractivity contribution is 5.94. The van der Waals surface area contributed by atoms with Gasteiger partial charge in [0.15, 0.2) is 0 Å². The number of carbonyl (C=O) groups is 5. The fraction of sp³-hybridized carbons (Fsp3) is 0.750. The second kappa shape index (κ2) is 13.0. The quantitative estimate of drug-likeness (QED) is 0.164. The number of carbonyl (C=O) groups excluding carboxylic acids is 4. The molecule has 182 valence electrons. The summed E-state index contributed by atoms with van der Waals surface area (Å²) in [4.78, 5) is 60.4. The Morgan fingerprint density at radius 3 is 2.16 bits per heavy atom. The molecule has 1 aliphatic rings. The Labute approximate surface area is 187 Å². The predicted molar refractivity (Wildman–Crippen MR) is 114 cm³/mol. The summed E-state index contributed by atoms with van der Waals surface area (Å²) in [5, 5.41) is 29.7. The third kappa shape index (κ3) is 8.42. The summed E-state index contributed by atoms with van der Waals surface area (Å²) in [5.74, 6) is -4.37. The van der Waals surface area contributed by atoms with Gasteiger partial charge in [-0.2, -0.15) is 0 Å². The van der Waals surface area contributed by atoms with E-state index in [1.54, 1.807) is 13.8 Å². The molecule has 12 nitrogen and oxygen atoms in total. The molecule has 0 aromatic heterocycles. The van der Waals surface area contributed by atoms with Crippen LogP contribution in [0.25, 0.3) is 0 Å². The van der Waals surface area contributed by atoms with E-state index in [1.807, 2.05) is 0 Å². The zero-order valence-electron chi connectivity index (χ0n) is 18.7. The van der Waals surface area contributed by atoms with Crippen molar-refractivity contribution in [2.24, 2.45) is 11.7 Å². The van der Waals surface area contributed by atoms with Crippen LogP contribution in [0.1, 0.15) is 52.9 Å². The lowest BCUT2D eigenvalue weighted by atomic mass is 9.96. The molecule has 0 bridgehead atoms. The molecule has 1 heterocycles. The van der Waals surface area contributed by atoms with Gasteiger partial charge in [0.2, 0.25) is 23.6 Å². The summed E-state index contributed by atoms with van der Waals surface area (Å²) in [7, 11) is 0. The van der Waals surface area contributed by atoms with Crippen LogP contribution in [0.5, 0.6) is 0 Å². The van der Waals surface area contributed by atoms with Crippen LogP contribution in [-0.2, 0) is 24.0 Å². The number of primary amides is 1. The molecule has 0 aromatic carbocycles. The van der Waals surface area contributed by atoms with E-state index in [4.69, 9.17) is 5.73 Å². The number of carboxylic acid groups (broad SMARTS) is 1. The first kappa shape index (κ1) is 27.3. The van der Waals surface area contributed by atoms with Crippen molar-refractivity contribution in [1.82, 2.24) is 21.3 Å². The third-order valence-electron chi connectivity index (χ3n) is 5.53. The highest BCUT2D eigenvalue weighted by Crippen LogP contribution is 2.11. The van der Waals surface area contributed by atoms with Gasteiger partial charge in [-0.05, 0) is 38.6 Å². The monoisotopic (exact) mass is 457 g/mol. The van der Waals surface area contributed by atoms with Crippen LogP contribution in [0.15, 0.2) is 0 Å². The molecule has 32 heavy (non-hydrogen) atoms. The van der Waals surface area contributed by atoms with Crippen LogP contribution in [0.3, 0.4) is 0 Å². The van der Waals surface area contributed by atoms with Gasteiger partial charge in [-0.15, -0.1) is 0 Å². The summed E-state index contributed by atoms with van der Waals surface area (Å²) in [6.45, 7) is 5.51. The Kier molecular flexibility index (Phi) is 11.1. The molecule has 0 aliphatic carbocycles. The lowest BCUT2D eigenvalue weighted by Crippen LogP contribution is -2.60. The summed E-state index contributed by atoms with van der Waals surface area (Å²) in [6, 6.07) is -4.24. The van der Waals surface area contributed by atoms with Gasteiger partial charge in [-0.1, -0.05) is 20.3 Å². The Morgan fingerprint density at radius 1 is 1.06 bits per heavy atom. The van der Waals surface area contributed by atoms with Gasteiger partial charge < -0.3 is 37.2 Å². The minimum Gasteiger partial charge on any atom is -0.480 e. The maximum Gasteiger partial charge on any atom is 0.326 e. The van der Waals surface area contributed by atoms with Crippen molar-refractivity contribution in [2.45, 2.75) is 83.1 Å². The van der Waals surface area contributed by atoms with E-state index in [9.17, 15) is 34.2 Å². The number of aliphatic hydroxyl groups excluding tert-OH is 1. The number of hydrogen-bond acceptors (Lipinski definition) is 7. The number of carboxylic acids is 1. The number of rotatable bonds is 13. The lowest BCUT2D eigenvalue weighted by molar-refractivity contribution is -0.143. The Balaban J connectivity index is 2.90. The molecule has 8 N–H and O–H groups in total. The molecule has 1 aliphatic heterocycles. The highest BCUT2D eigenvalue weighted by atomic mass is 16.4. The van der Waals surface area contributed by atoms with E-state index in [2.05, 4.69) is 21.3 Å². The van der Waals surface area contributed by atoms with Crippen molar-refractivity contribution in [3.8, 4) is 0 Å². The summed E-state index contributed by atoms with van der Waals surface area (Å²) in [6.07, 6.45) is 0.250. The maximum atomic E-state index is 12.8. The van der Waals surface area contributed by atoms with E-state index in [1.165, 1.54) is 6.92 Å². The zero-order valence-corrected chi connectivity index (χ0v) is 18.7. The van der Waals surface area contributed by atoms with E-state index in [0.29, 0.717) is 19.4 Å². The van der Waals surface area contributed by atoms with Gasteiger partial charge in [0, 0.05) is 6.42 Å². The number of nitrogens with two attached hydrogens (primary N) is 1. The molecule has 0 radical (unpaired) electrons. The summed E-state index contributed by atoms with van der Waals surface area (Å²) >= 11 is 0. The van der Waals surface area contributed by atoms with Gasteiger partial charge in [-0.25, -0.2) is 4.79 Å². The van der Waals surface area contributed by atoms with Gasteiger partial charge in [0.1, 0.15) is 18.1 Å². The van der Waals surface area contributed by atoms with Crippen molar-refractivity contribution in [1.29, 1.82) is 0 Å². The Hall–Kier alpha value is -2.73. The van der Waals surface area contributed by atoms with Crippen LogP contribution in [0.2, 0.25) is 0 Å². The fourth-order valence-corrected chi connectivity index (χ4v) is 3.32. The first-order valence-corrected chi connectivity index (χ1v) is 10.8. The molecule has 0 saturated carbocycles. The topological polar surface area (TPSA) is 200 Å². The number of aliphatic hydroxyl groups is 1. The van der Waals surface area contributed by atoms with Crippen molar-refractivity contribution < 1.29 is 34.2 Å². The first-order valence-electron chi connectivity index (χ1n) is 10.8. The maximum absolute atomic E-state index is 12.8. The Bertz CT molecular complexity index is 694. The molecule has 6 atom stereocenters. The SMILES string of the molecule is CCC(C)C(NC(=O)C(NC(=O)C1CCCN1)C(C)O)C(=O)NC(CCC(N)=O)C(=O)O. The van der Waals surface area contributed by atoms with Crippen molar-refractivity contribution in [3.63, 3.8) is 0 Å². The number of aliphatic carboxylic acids is 1. The second-order valence-corrected chi connectivity index (χ2v) is 8.15. The van der Waals surface area contributed by atoms with Crippen LogP contribution in [0, 0.1) is 5.92 Å². The molecule has 1 fully saturated rings. The molecule has 0 aromatic rings. The van der Waals surface area contributed by atoms with Gasteiger partial charge in [0.05, 0.1) is 12.1 Å². The van der Waals surface area contributed by atoms with E-state index in [0.717, 1.165) is 6.42 Å². The number of hydrogen-bond donors (Lipinski definition) is 7. The first-order chi connectivity index (χ1) is 15.0. The molecule has 1 saturated heterocycles. The second-order valence-electron chi connectivity index (χ2n) is 8.15. The normalized spacial score (nSPS) is 20.3. The average molecular weight is 458 g/mol. The summed E-state index contributed by atoms with van der Waals surface area (Å²) in [5.41, 5.74) is 5.05. The minimum atomic E-state index is -1.36.